The van der Waals surface area contributed by atoms with Crippen molar-refractivity contribution in [1.82, 2.24) is 29.6 Å². The first-order valence-electron chi connectivity index (χ1n) is 10.9. The first-order valence-corrected chi connectivity index (χ1v) is 11.7. The fraction of sp³-hybridized carbons (Fsp3) is 0.619. The summed E-state index contributed by atoms with van der Waals surface area (Å²) < 4.78 is 12.7. The molecule has 2 aliphatic heterocycles. The molecule has 0 radical (unpaired) electrons. The quantitative estimate of drug-likeness (QED) is 0.622. The predicted molar refractivity (Wildman–Crippen MR) is 119 cm³/mol. The smallest absolute Gasteiger partial charge is 0.176 e. The van der Waals surface area contributed by atoms with Crippen molar-refractivity contribution in [3.05, 3.63) is 27.9 Å². The van der Waals surface area contributed by atoms with Gasteiger partial charge in [-0.15, -0.1) is 11.3 Å². The summed E-state index contributed by atoms with van der Waals surface area (Å²) in [6.07, 6.45) is 2.05. The first-order chi connectivity index (χ1) is 15.1. The molecule has 166 valence electrons. The summed E-state index contributed by atoms with van der Waals surface area (Å²) in [5.41, 5.74) is 1.25. The number of anilines is 1. The highest BCUT2D eigenvalue weighted by Crippen LogP contribution is 2.36. The molecule has 0 aromatic carbocycles. The molecule has 0 amide bonds. The number of hydrogen-bond donors (Lipinski definition) is 1. The van der Waals surface area contributed by atoms with Gasteiger partial charge in [0.2, 0.25) is 0 Å². The molecule has 3 aromatic rings. The third-order valence-electron chi connectivity index (χ3n) is 6.05. The molecule has 5 heterocycles. The minimum absolute atomic E-state index is 0.0702. The molecule has 31 heavy (non-hydrogen) atoms. The van der Waals surface area contributed by atoms with E-state index < -0.39 is 0 Å². The lowest BCUT2D eigenvalue weighted by Gasteiger charge is -2.26. The fourth-order valence-corrected chi connectivity index (χ4v) is 5.37. The molecule has 0 saturated carbocycles. The lowest BCUT2D eigenvalue weighted by Crippen LogP contribution is -2.36. The fourth-order valence-electron chi connectivity index (χ4n) is 4.32. The molecule has 1 fully saturated rings. The summed E-state index contributed by atoms with van der Waals surface area (Å²) in [6.45, 7) is 9.74. The summed E-state index contributed by atoms with van der Waals surface area (Å²) in [6, 6.07) is 0.0702. The van der Waals surface area contributed by atoms with E-state index >= 15 is 0 Å². The van der Waals surface area contributed by atoms with Crippen molar-refractivity contribution in [3.8, 4) is 0 Å². The van der Waals surface area contributed by atoms with Gasteiger partial charge < -0.3 is 14.8 Å². The van der Waals surface area contributed by atoms with Gasteiger partial charge >= 0.3 is 0 Å². The van der Waals surface area contributed by atoms with E-state index in [0.29, 0.717) is 6.61 Å². The third-order valence-corrected chi connectivity index (χ3v) is 7.15. The van der Waals surface area contributed by atoms with Crippen molar-refractivity contribution in [2.45, 2.75) is 52.4 Å². The van der Waals surface area contributed by atoms with Crippen LogP contribution in [0.3, 0.4) is 0 Å². The van der Waals surface area contributed by atoms with Crippen molar-refractivity contribution in [3.63, 3.8) is 0 Å². The van der Waals surface area contributed by atoms with Gasteiger partial charge in [-0.3, -0.25) is 4.90 Å². The van der Waals surface area contributed by atoms with Crippen LogP contribution in [0.25, 0.3) is 10.2 Å². The molecule has 0 aliphatic carbocycles. The van der Waals surface area contributed by atoms with E-state index in [1.165, 1.54) is 10.4 Å². The maximum absolute atomic E-state index is 5.49. The van der Waals surface area contributed by atoms with Crippen LogP contribution in [-0.4, -0.2) is 63.0 Å². The Morgan fingerprint density at radius 3 is 2.77 bits per heavy atom. The number of morpholine rings is 1. The van der Waals surface area contributed by atoms with Gasteiger partial charge in [0.1, 0.15) is 28.9 Å². The van der Waals surface area contributed by atoms with Gasteiger partial charge in [0.05, 0.1) is 31.2 Å². The van der Waals surface area contributed by atoms with E-state index in [2.05, 4.69) is 29.2 Å². The number of nitrogens with one attached hydrogen (secondary N) is 1. The van der Waals surface area contributed by atoms with Crippen LogP contribution in [0, 0.1) is 13.8 Å². The Morgan fingerprint density at radius 1 is 1.13 bits per heavy atom. The predicted octanol–water partition coefficient (Wildman–Crippen LogP) is 2.83. The normalized spacial score (nSPS) is 19.6. The summed E-state index contributed by atoms with van der Waals surface area (Å²) in [7, 11) is 1.67. The molecule has 9 nitrogen and oxygen atoms in total. The van der Waals surface area contributed by atoms with Crippen molar-refractivity contribution in [2.24, 2.45) is 0 Å². The monoisotopic (exact) mass is 443 g/mol. The van der Waals surface area contributed by atoms with E-state index in [9.17, 15) is 0 Å². The molecule has 1 saturated heterocycles. The zero-order chi connectivity index (χ0) is 21.4. The summed E-state index contributed by atoms with van der Waals surface area (Å²) in [5.74, 6) is 3.46. The molecule has 10 heteroatoms. The number of fused-ring (bicyclic) bond motifs is 2. The van der Waals surface area contributed by atoms with E-state index in [0.717, 1.165) is 85.7 Å². The summed E-state index contributed by atoms with van der Waals surface area (Å²) in [5, 5.41) is 9.44. The van der Waals surface area contributed by atoms with Gasteiger partial charge in [-0.05, 0) is 32.3 Å². The van der Waals surface area contributed by atoms with Crippen LogP contribution >= 0.6 is 11.3 Å². The first kappa shape index (κ1) is 20.7. The van der Waals surface area contributed by atoms with Gasteiger partial charge in [-0.1, -0.05) is 0 Å². The van der Waals surface area contributed by atoms with E-state index in [4.69, 9.17) is 24.4 Å². The Kier molecular flexibility index (Phi) is 5.87. The number of thiophene rings is 1. The van der Waals surface area contributed by atoms with E-state index in [1.807, 2.05) is 4.68 Å². The summed E-state index contributed by atoms with van der Waals surface area (Å²) in [4.78, 5) is 19.3. The number of methoxy groups -OCH3 is 1. The van der Waals surface area contributed by atoms with Gasteiger partial charge in [0.25, 0.3) is 0 Å². The highest BCUT2D eigenvalue weighted by molar-refractivity contribution is 7.18. The average Bonchev–Trinajstić information content (AvgIpc) is 3.30. The Morgan fingerprint density at radius 2 is 1.97 bits per heavy atom. The highest BCUT2D eigenvalue weighted by Gasteiger charge is 2.26. The van der Waals surface area contributed by atoms with Crippen LogP contribution in [-0.2, 0) is 29.2 Å². The zero-order valence-corrected chi connectivity index (χ0v) is 19.2. The van der Waals surface area contributed by atoms with Crippen LogP contribution in [0.15, 0.2) is 0 Å². The molecule has 0 bridgehead atoms. The highest BCUT2D eigenvalue weighted by atomic mass is 32.1. The van der Waals surface area contributed by atoms with Gasteiger partial charge in [0, 0.05) is 31.6 Å². The van der Waals surface area contributed by atoms with Crippen LogP contribution in [0.5, 0.6) is 0 Å². The van der Waals surface area contributed by atoms with Crippen LogP contribution in [0.2, 0.25) is 0 Å². The SMILES string of the molecule is COCc1nc2n(n1)CCCC2Nc1nc(CN2CCOCC2)nc2sc(C)c(C)c12. The van der Waals surface area contributed by atoms with Crippen molar-refractivity contribution < 1.29 is 9.47 Å². The molecule has 1 unspecified atom stereocenters. The Labute approximate surface area is 185 Å². The second-order valence-electron chi connectivity index (χ2n) is 8.22. The van der Waals surface area contributed by atoms with E-state index in [-0.39, 0.29) is 6.04 Å². The number of aryl methyl sites for hydroxylation is 3. The molecule has 1 atom stereocenters. The lowest BCUT2D eigenvalue weighted by atomic mass is 10.1. The second kappa shape index (κ2) is 8.78. The second-order valence-corrected chi connectivity index (χ2v) is 9.43. The molecular weight excluding hydrogens is 414 g/mol. The minimum atomic E-state index is 0.0702. The molecule has 1 N–H and O–H groups in total. The Bertz CT molecular complexity index is 1070. The minimum Gasteiger partial charge on any atom is -0.379 e. The van der Waals surface area contributed by atoms with Gasteiger partial charge in [-0.25, -0.2) is 19.6 Å². The number of rotatable bonds is 6. The van der Waals surface area contributed by atoms with Crippen LogP contribution < -0.4 is 5.32 Å². The standard InChI is InChI=1S/C21H29N7O2S/c1-13-14(2)31-21-18(13)19(23-16(25-21)11-27-7-9-30-10-8-27)22-15-5-4-6-28-20(15)24-17(26-28)12-29-3/h15H,4-12H2,1-3H3,(H,22,23,25). The number of aromatic nitrogens is 5. The average molecular weight is 444 g/mol. The third kappa shape index (κ3) is 4.17. The Balaban J connectivity index is 1.48. The molecule has 0 spiro atoms. The zero-order valence-electron chi connectivity index (χ0n) is 18.3. The topological polar surface area (TPSA) is 90.2 Å². The van der Waals surface area contributed by atoms with Gasteiger partial charge in [-0.2, -0.15) is 5.10 Å². The number of nitrogens with zero attached hydrogens (tertiary/aromatic N) is 6. The largest absolute Gasteiger partial charge is 0.379 e. The molecule has 5 rings (SSSR count). The van der Waals surface area contributed by atoms with E-state index in [1.54, 1.807) is 18.4 Å². The van der Waals surface area contributed by atoms with Crippen LogP contribution in [0.4, 0.5) is 5.82 Å². The molecule has 3 aromatic heterocycles. The van der Waals surface area contributed by atoms with Crippen molar-refractivity contribution in [1.29, 1.82) is 0 Å². The van der Waals surface area contributed by atoms with Crippen LogP contribution in [0.1, 0.15) is 46.8 Å². The van der Waals surface area contributed by atoms with Gasteiger partial charge in [0.15, 0.2) is 5.82 Å². The lowest BCUT2D eigenvalue weighted by molar-refractivity contribution is 0.0331. The maximum atomic E-state index is 5.49. The van der Waals surface area contributed by atoms with Crippen molar-refractivity contribution in [2.75, 3.05) is 38.7 Å². The molecular formula is C21H29N7O2S. The molecule has 2 aliphatic rings. The number of ether oxygens (including phenoxy) is 2. The maximum Gasteiger partial charge on any atom is 0.176 e. The number of hydrogen-bond acceptors (Lipinski definition) is 9. The Hall–Kier alpha value is -2.14. The van der Waals surface area contributed by atoms with Crippen molar-refractivity contribution >= 4 is 27.4 Å². The summed E-state index contributed by atoms with van der Waals surface area (Å²) >= 11 is 1.74.